The third-order valence-electron chi connectivity index (χ3n) is 2.47. The van der Waals surface area contributed by atoms with Crippen LogP contribution >= 0.6 is 0 Å². The molecule has 0 unspecified atom stereocenters. The number of urea groups is 1. The second-order valence-electron chi connectivity index (χ2n) is 3.69. The number of aryl methyl sites for hydroxylation is 1. The predicted molar refractivity (Wildman–Crippen MR) is 55.3 cm³/mol. The van der Waals surface area contributed by atoms with Gasteiger partial charge in [0.25, 0.3) is 0 Å². The Morgan fingerprint density at radius 3 is 2.69 bits per heavy atom. The van der Waals surface area contributed by atoms with Crippen LogP contribution < -0.4 is 10.6 Å². The van der Waals surface area contributed by atoms with Gasteiger partial charge in [0.1, 0.15) is 11.3 Å². The first-order chi connectivity index (χ1) is 7.43. The Balaban J connectivity index is 2.51. The normalized spacial score (nSPS) is 24.1. The summed E-state index contributed by atoms with van der Waals surface area (Å²) in [5.74, 6) is -0.470. The van der Waals surface area contributed by atoms with Crippen molar-refractivity contribution in [2.24, 2.45) is 0 Å². The summed E-state index contributed by atoms with van der Waals surface area (Å²) in [5.41, 5.74) is -1.16. The fourth-order valence-electron chi connectivity index (χ4n) is 1.54. The third kappa shape index (κ3) is 1.39. The molecule has 1 aromatic heterocycles. The van der Waals surface area contributed by atoms with Gasteiger partial charge in [-0.1, -0.05) is 0 Å². The van der Waals surface area contributed by atoms with Gasteiger partial charge >= 0.3 is 6.03 Å². The smallest absolute Gasteiger partial charge is 0.322 e. The van der Waals surface area contributed by atoms with E-state index >= 15 is 0 Å². The summed E-state index contributed by atoms with van der Waals surface area (Å²) in [4.78, 5) is 30.3. The highest BCUT2D eigenvalue weighted by Crippen LogP contribution is 2.26. The number of carbonyl (C=O) groups is 2. The molecule has 8 heteroatoms. The van der Waals surface area contributed by atoms with Crippen LogP contribution in [0.3, 0.4) is 0 Å². The lowest BCUT2D eigenvalue weighted by molar-refractivity contribution is -0.121. The summed E-state index contributed by atoms with van der Waals surface area (Å²) in [6.45, 7) is 1.61. The van der Waals surface area contributed by atoms with Gasteiger partial charge in [0.2, 0.25) is 11.8 Å². The second kappa shape index (κ2) is 3.19. The van der Waals surface area contributed by atoms with Crippen LogP contribution in [0, 0.1) is 6.92 Å². The summed E-state index contributed by atoms with van der Waals surface area (Å²) in [6.07, 6.45) is 1.32. The van der Waals surface area contributed by atoms with Gasteiger partial charge in [-0.3, -0.25) is 10.1 Å². The van der Waals surface area contributed by atoms with E-state index in [2.05, 4.69) is 20.6 Å². The zero-order valence-electron chi connectivity index (χ0n) is 8.74. The van der Waals surface area contributed by atoms with Crippen LogP contribution in [0.4, 0.5) is 4.79 Å². The molecule has 3 N–H and O–H groups in total. The standard InChI is InChI=1S/C8H9BN4O3/c1-3-10-2-4(5(14)11-3)8(9)6(15)12-7(16)13-8/h2H,9H2,1H3,(H,10,11,14)(H2,12,13,15,16)/t8-/m0/s1. The number of amides is 3. The lowest BCUT2D eigenvalue weighted by atomic mass is 9.73. The lowest BCUT2D eigenvalue weighted by Gasteiger charge is -2.21. The number of hydrogen-bond acceptors (Lipinski definition) is 5. The molecular weight excluding hydrogens is 211 g/mol. The van der Waals surface area contributed by atoms with Crippen LogP contribution in [0.25, 0.3) is 0 Å². The van der Waals surface area contributed by atoms with Gasteiger partial charge in [-0.2, -0.15) is 4.98 Å². The highest BCUT2D eigenvalue weighted by Gasteiger charge is 2.45. The van der Waals surface area contributed by atoms with E-state index in [1.807, 2.05) is 0 Å². The molecule has 16 heavy (non-hydrogen) atoms. The van der Waals surface area contributed by atoms with Gasteiger partial charge in [-0.25, -0.2) is 9.78 Å². The Kier molecular flexibility index (Phi) is 2.07. The van der Waals surface area contributed by atoms with Crippen molar-refractivity contribution in [2.75, 3.05) is 0 Å². The van der Waals surface area contributed by atoms with Crippen LogP contribution in [0.2, 0.25) is 0 Å². The zero-order valence-corrected chi connectivity index (χ0v) is 8.74. The number of aromatic hydroxyl groups is 1. The minimum Gasteiger partial charge on any atom is -0.493 e. The Bertz CT molecular complexity index is 492. The number of hydrogen-bond donors (Lipinski definition) is 3. The maximum Gasteiger partial charge on any atom is 0.322 e. The topological polar surface area (TPSA) is 104 Å². The van der Waals surface area contributed by atoms with Gasteiger partial charge in [-0.05, 0) is 6.92 Å². The van der Waals surface area contributed by atoms with Crippen molar-refractivity contribution in [2.45, 2.75) is 12.4 Å². The van der Waals surface area contributed by atoms with Crippen molar-refractivity contribution >= 4 is 19.8 Å². The molecule has 82 valence electrons. The Morgan fingerprint density at radius 1 is 1.50 bits per heavy atom. The van der Waals surface area contributed by atoms with Crippen LogP contribution in [0.1, 0.15) is 11.4 Å². The number of aromatic nitrogens is 2. The molecule has 0 radical (unpaired) electrons. The summed E-state index contributed by atoms with van der Waals surface area (Å²) < 4.78 is 0. The van der Waals surface area contributed by atoms with Crippen molar-refractivity contribution in [3.63, 3.8) is 0 Å². The SMILES string of the molecule is B[C@@]1(c2cnc(C)nc2O)NC(=O)NC1=O. The maximum absolute atomic E-state index is 11.6. The highest BCUT2D eigenvalue weighted by atomic mass is 16.3. The Labute approximate surface area is 91.7 Å². The van der Waals surface area contributed by atoms with Crippen molar-refractivity contribution in [1.29, 1.82) is 0 Å². The molecule has 1 fully saturated rings. The zero-order chi connectivity index (χ0) is 11.9. The molecule has 0 spiro atoms. The van der Waals surface area contributed by atoms with Gasteiger partial charge < -0.3 is 10.4 Å². The van der Waals surface area contributed by atoms with Crippen molar-refractivity contribution < 1.29 is 14.7 Å². The van der Waals surface area contributed by atoms with E-state index in [1.54, 1.807) is 6.92 Å². The van der Waals surface area contributed by atoms with Gasteiger partial charge in [0.05, 0.1) is 5.56 Å². The first kappa shape index (κ1) is 10.4. The summed E-state index contributed by atoms with van der Waals surface area (Å²) in [6, 6.07) is -0.604. The monoisotopic (exact) mass is 220 g/mol. The molecule has 1 aliphatic rings. The first-order valence-corrected chi connectivity index (χ1v) is 4.60. The molecule has 0 aromatic carbocycles. The second-order valence-corrected chi connectivity index (χ2v) is 3.69. The minimum absolute atomic E-state index is 0.168. The van der Waals surface area contributed by atoms with E-state index < -0.39 is 17.4 Å². The fraction of sp³-hybridized carbons (Fsp3) is 0.250. The molecule has 1 atom stereocenters. The summed E-state index contributed by atoms with van der Waals surface area (Å²) in [5, 5.41) is 14.1. The highest BCUT2D eigenvalue weighted by molar-refractivity contribution is 6.33. The largest absolute Gasteiger partial charge is 0.493 e. The minimum atomic E-state index is -1.32. The van der Waals surface area contributed by atoms with E-state index in [0.29, 0.717) is 5.82 Å². The molecule has 0 aliphatic carbocycles. The van der Waals surface area contributed by atoms with E-state index in [4.69, 9.17) is 0 Å². The molecule has 1 aromatic rings. The molecule has 2 heterocycles. The molecule has 1 saturated heterocycles. The van der Waals surface area contributed by atoms with Gasteiger partial charge in [0, 0.05) is 6.20 Å². The van der Waals surface area contributed by atoms with Gasteiger partial charge in [-0.15, -0.1) is 0 Å². The Morgan fingerprint density at radius 2 is 2.19 bits per heavy atom. The third-order valence-corrected chi connectivity index (χ3v) is 2.47. The van der Waals surface area contributed by atoms with E-state index in [9.17, 15) is 14.7 Å². The molecule has 1 aliphatic heterocycles. The van der Waals surface area contributed by atoms with Crippen LogP contribution in [0.5, 0.6) is 5.88 Å². The van der Waals surface area contributed by atoms with Crippen LogP contribution in [0.15, 0.2) is 6.20 Å². The van der Waals surface area contributed by atoms with Crippen molar-refractivity contribution in [3.8, 4) is 5.88 Å². The lowest BCUT2D eigenvalue weighted by Crippen LogP contribution is -2.44. The first-order valence-electron chi connectivity index (χ1n) is 4.60. The fourth-order valence-corrected chi connectivity index (χ4v) is 1.54. The van der Waals surface area contributed by atoms with Crippen molar-refractivity contribution in [1.82, 2.24) is 20.6 Å². The average Bonchev–Trinajstić information content (AvgIpc) is 2.40. The van der Waals surface area contributed by atoms with Crippen LogP contribution in [-0.2, 0) is 10.2 Å². The van der Waals surface area contributed by atoms with E-state index in [0.717, 1.165) is 0 Å². The molecule has 3 amide bonds. The molecule has 0 saturated carbocycles. The number of rotatable bonds is 1. The number of carbonyl (C=O) groups excluding carboxylic acids is 2. The maximum atomic E-state index is 11.6. The molecule has 2 rings (SSSR count). The van der Waals surface area contributed by atoms with Crippen molar-refractivity contribution in [3.05, 3.63) is 17.6 Å². The quantitative estimate of drug-likeness (QED) is 0.379. The summed E-state index contributed by atoms with van der Waals surface area (Å²) >= 11 is 0. The predicted octanol–water partition coefficient (Wildman–Crippen LogP) is -1.88. The van der Waals surface area contributed by atoms with Crippen LogP contribution in [-0.4, -0.2) is 34.9 Å². The number of nitrogens with zero attached hydrogens (tertiary/aromatic N) is 2. The number of imide groups is 1. The summed E-state index contributed by atoms with van der Waals surface area (Å²) in [7, 11) is 1.47. The van der Waals surface area contributed by atoms with Gasteiger partial charge in [0.15, 0.2) is 7.85 Å². The Hall–Kier alpha value is -2.12. The molecule has 7 nitrogen and oxygen atoms in total. The van der Waals surface area contributed by atoms with E-state index in [1.165, 1.54) is 14.0 Å². The average molecular weight is 220 g/mol. The molecular formula is C8H9BN4O3. The van der Waals surface area contributed by atoms with E-state index in [-0.39, 0.29) is 11.4 Å². The molecule has 0 bridgehead atoms. The number of nitrogens with one attached hydrogen (secondary N) is 2.